The Morgan fingerprint density at radius 1 is 1.05 bits per heavy atom. The lowest BCUT2D eigenvalue weighted by Crippen LogP contribution is -2.29. The molecular formula is C27H28N6O4. The van der Waals surface area contributed by atoms with Crippen LogP contribution >= 0.6 is 0 Å². The first-order valence-corrected chi connectivity index (χ1v) is 11.9. The number of rotatable bonds is 8. The summed E-state index contributed by atoms with van der Waals surface area (Å²) in [4.78, 5) is 29.3. The first-order chi connectivity index (χ1) is 17.7. The summed E-state index contributed by atoms with van der Waals surface area (Å²) in [6.07, 6.45) is 3.46. The molecule has 0 unspecified atom stereocenters. The maximum atomic E-state index is 12.9. The van der Waals surface area contributed by atoms with Crippen LogP contribution in [0.4, 0.5) is 11.5 Å². The Kier molecular flexibility index (Phi) is 6.26. The van der Waals surface area contributed by atoms with Gasteiger partial charge in [0.25, 0.3) is 5.91 Å². The minimum absolute atomic E-state index is 0.0260. The molecule has 1 fully saturated rings. The topological polar surface area (TPSA) is 133 Å². The van der Waals surface area contributed by atoms with E-state index in [2.05, 4.69) is 20.7 Å². The van der Waals surface area contributed by atoms with Gasteiger partial charge in [0.15, 0.2) is 23.0 Å². The van der Waals surface area contributed by atoms with E-state index in [4.69, 9.17) is 15.2 Å². The van der Waals surface area contributed by atoms with Gasteiger partial charge in [0.05, 0.1) is 13.3 Å². The lowest BCUT2D eigenvalue weighted by molar-refractivity contribution is -0.117. The van der Waals surface area contributed by atoms with Crippen LogP contribution < -0.4 is 25.8 Å². The normalized spacial score (nSPS) is 13.3. The quantitative estimate of drug-likeness (QED) is 0.328. The molecule has 190 valence electrons. The predicted molar refractivity (Wildman–Crippen MR) is 139 cm³/mol. The number of carbonyl (C=O) groups is 2. The SMILES string of the molecule is COc1ccc(NC(=O)c2cccc(C(C)(C)N)c2)cc1Oc1ccc2nc(NC(=O)C3CC3)cn2n1. The molecule has 1 aliphatic rings. The second-order valence-corrected chi connectivity index (χ2v) is 9.59. The Balaban J connectivity index is 1.34. The molecule has 0 atom stereocenters. The Hall–Kier alpha value is -4.44. The maximum Gasteiger partial charge on any atom is 0.255 e. The molecule has 10 nitrogen and oxygen atoms in total. The van der Waals surface area contributed by atoms with E-state index in [-0.39, 0.29) is 23.6 Å². The van der Waals surface area contributed by atoms with Crippen molar-refractivity contribution in [3.8, 4) is 17.4 Å². The van der Waals surface area contributed by atoms with E-state index in [1.54, 1.807) is 48.7 Å². The number of hydrogen-bond acceptors (Lipinski definition) is 7. The molecule has 4 N–H and O–H groups in total. The number of nitrogens with one attached hydrogen (secondary N) is 2. The van der Waals surface area contributed by atoms with E-state index >= 15 is 0 Å². The van der Waals surface area contributed by atoms with Gasteiger partial charge >= 0.3 is 0 Å². The van der Waals surface area contributed by atoms with E-state index in [0.717, 1.165) is 18.4 Å². The second-order valence-electron chi connectivity index (χ2n) is 9.59. The van der Waals surface area contributed by atoms with Gasteiger partial charge in [-0.15, -0.1) is 5.10 Å². The van der Waals surface area contributed by atoms with Gasteiger partial charge in [0.2, 0.25) is 11.8 Å². The Labute approximate surface area is 213 Å². The fourth-order valence-electron chi connectivity index (χ4n) is 3.76. The average Bonchev–Trinajstić information content (AvgIpc) is 3.64. The number of benzene rings is 2. The average molecular weight is 501 g/mol. The summed E-state index contributed by atoms with van der Waals surface area (Å²) in [5.74, 6) is 1.33. The monoisotopic (exact) mass is 500 g/mol. The molecular weight excluding hydrogens is 472 g/mol. The van der Waals surface area contributed by atoms with Gasteiger partial charge in [-0.2, -0.15) is 0 Å². The van der Waals surface area contributed by atoms with Crippen molar-refractivity contribution in [2.24, 2.45) is 11.7 Å². The Bertz CT molecular complexity index is 1490. The first-order valence-electron chi connectivity index (χ1n) is 11.9. The number of aromatic nitrogens is 3. The van der Waals surface area contributed by atoms with Crippen molar-refractivity contribution in [1.29, 1.82) is 0 Å². The molecule has 2 aromatic heterocycles. The standard InChI is InChI=1S/C27H28N6O4/c1-27(2,28)18-6-4-5-17(13-18)26(35)29-19-9-10-20(36-3)21(14-19)37-24-12-11-23-30-22(15-33(23)32-24)31-25(34)16-7-8-16/h4-6,9-16H,7-8,28H2,1-3H3,(H,29,35)(H,31,34). The number of imidazole rings is 1. The minimum atomic E-state index is -0.565. The van der Waals surface area contributed by atoms with Gasteiger partial charge in [-0.3, -0.25) is 9.59 Å². The largest absolute Gasteiger partial charge is 0.493 e. The van der Waals surface area contributed by atoms with Crippen LogP contribution in [0.5, 0.6) is 17.4 Å². The number of fused-ring (bicyclic) bond motifs is 1. The van der Waals surface area contributed by atoms with E-state index in [1.807, 2.05) is 26.0 Å². The summed E-state index contributed by atoms with van der Waals surface area (Å²) < 4.78 is 13.0. The molecule has 0 radical (unpaired) electrons. The molecule has 2 amide bonds. The zero-order valence-corrected chi connectivity index (χ0v) is 20.8. The number of nitrogens with zero attached hydrogens (tertiary/aromatic N) is 3. The summed E-state index contributed by atoms with van der Waals surface area (Å²) in [5, 5.41) is 10.1. The first kappa shape index (κ1) is 24.3. The lowest BCUT2D eigenvalue weighted by atomic mass is 9.94. The fraction of sp³-hybridized carbons (Fsp3) is 0.259. The Morgan fingerprint density at radius 2 is 1.86 bits per heavy atom. The van der Waals surface area contributed by atoms with Crippen molar-refractivity contribution < 1.29 is 19.1 Å². The van der Waals surface area contributed by atoms with Crippen LogP contribution in [0, 0.1) is 5.92 Å². The van der Waals surface area contributed by atoms with Gasteiger partial charge in [-0.1, -0.05) is 12.1 Å². The van der Waals surface area contributed by atoms with Crippen molar-refractivity contribution in [2.45, 2.75) is 32.2 Å². The zero-order valence-electron chi connectivity index (χ0n) is 20.8. The molecule has 0 spiro atoms. The molecule has 10 heteroatoms. The van der Waals surface area contributed by atoms with Crippen molar-refractivity contribution in [3.05, 3.63) is 71.9 Å². The third-order valence-corrected chi connectivity index (χ3v) is 6.00. The van der Waals surface area contributed by atoms with Gasteiger partial charge < -0.3 is 25.8 Å². The van der Waals surface area contributed by atoms with Gasteiger partial charge in [0, 0.05) is 34.8 Å². The number of anilines is 2. The number of methoxy groups -OCH3 is 1. The molecule has 0 aliphatic heterocycles. The summed E-state index contributed by atoms with van der Waals surface area (Å²) >= 11 is 0. The molecule has 5 rings (SSSR count). The summed E-state index contributed by atoms with van der Waals surface area (Å²) in [6.45, 7) is 3.77. The van der Waals surface area contributed by atoms with E-state index in [0.29, 0.717) is 34.2 Å². The van der Waals surface area contributed by atoms with Crippen LogP contribution in [0.15, 0.2) is 60.8 Å². The molecule has 4 aromatic rings. The second kappa shape index (κ2) is 9.55. The molecule has 37 heavy (non-hydrogen) atoms. The predicted octanol–water partition coefficient (Wildman–Crippen LogP) is 4.32. The van der Waals surface area contributed by atoms with E-state index < -0.39 is 5.54 Å². The number of carbonyl (C=O) groups excluding carboxylic acids is 2. The summed E-state index contributed by atoms with van der Waals surface area (Å²) in [6, 6.07) is 15.7. The minimum Gasteiger partial charge on any atom is -0.493 e. The molecule has 1 saturated carbocycles. The number of ether oxygens (including phenoxy) is 2. The van der Waals surface area contributed by atoms with Crippen molar-refractivity contribution >= 4 is 29.0 Å². The van der Waals surface area contributed by atoms with Crippen molar-refractivity contribution in [1.82, 2.24) is 14.6 Å². The summed E-state index contributed by atoms with van der Waals surface area (Å²) in [5.41, 5.74) is 8.05. The molecule has 0 saturated heterocycles. The highest BCUT2D eigenvalue weighted by Gasteiger charge is 2.30. The van der Waals surface area contributed by atoms with Crippen molar-refractivity contribution in [2.75, 3.05) is 17.7 Å². The highest BCUT2D eigenvalue weighted by molar-refractivity contribution is 6.04. The van der Waals surface area contributed by atoms with Crippen LogP contribution in [-0.2, 0) is 10.3 Å². The third kappa shape index (κ3) is 5.54. The van der Waals surface area contributed by atoms with Gasteiger partial charge in [-0.25, -0.2) is 9.50 Å². The maximum absolute atomic E-state index is 12.9. The molecule has 2 heterocycles. The highest BCUT2D eigenvalue weighted by atomic mass is 16.5. The molecule has 1 aliphatic carbocycles. The number of amides is 2. The van der Waals surface area contributed by atoms with Crippen LogP contribution in [0.2, 0.25) is 0 Å². The fourth-order valence-corrected chi connectivity index (χ4v) is 3.76. The third-order valence-electron chi connectivity index (χ3n) is 6.00. The van der Waals surface area contributed by atoms with Crippen LogP contribution in [0.3, 0.4) is 0 Å². The molecule has 0 bridgehead atoms. The zero-order chi connectivity index (χ0) is 26.2. The smallest absolute Gasteiger partial charge is 0.255 e. The van der Waals surface area contributed by atoms with Crippen molar-refractivity contribution in [3.63, 3.8) is 0 Å². The molecule has 2 aromatic carbocycles. The van der Waals surface area contributed by atoms with E-state index in [9.17, 15) is 9.59 Å². The number of nitrogens with two attached hydrogens (primary N) is 1. The highest BCUT2D eigenvalue weighted by Crippen LogP contribution is 2.34. The van der Waals surface area contributed by atoms with Gasteiger partial charge in [0.1, 0.15) is 0 Å². The van der Waals surface area contributed by atoms with Crippen LogP contribution in [0.1, 0.15) is 42.6 Å². The lowest BCUT2D eigenvalue weighted by Gasteiger charge is -2.19. The van der Waals surface area contributed by atoms with Crippen LogP contribution in [0.25, 0.3) is 5.65 Å². The van der Waals surface area contributed by atoms with Gasteiger partial charge in [-0.05, 0) is 62.6 Å². The van der Waals surface area contributed by atoms with E-state index in [1.165, 1.54) is 11.6 Å². The van der Waals surface area contributed by atoms with Crippen LogP contribution in [-0.4, -0.2) is 33.5 Å². The summed E-state index contributed by atoms with van der Waals surface area (Å²) in [7, 11) is 1.53. The number of hydrogen-bond donors (Lipinski definition) is 3. The Morgan fingerprint density at radius 3 is 2.59 bits per heavy atom.